The van der Waals surface area contributed by atoms with Crippen LogP contribution in [0.2, 0.25) is 0 Å². The van der Waals surface area contributed by atoms with Gasteiger partial charge < -0.3 is 9.64 Å². The van der Waals surface area contributed by atoms with Crippen LogP contribution in [0, 0.1) is 6.92 Å². The molecule has 0 unspecified atom stereocenters. The normalized spacial score (nSPS) is 21.2. The van der Waals surface area contributed by atoms with E-state index in [0.717, 1.165) is 19.5 Å². The molecule has 1 saturated carbocycles. The molecule has 3 heteroatoms. The molecule has 3 rings (SSSR count). The molecule has 0 radical (unpaired) electrons. The van der Waals surface area contributed by atoms with E-state index in [1.54, 1.807) is 0 Å². The van der Waals surface area contributed by atoms with Crippen molar-refractivity contribution in [2.24, 2.45) is 0 Å². The van der Waals surface area contributed by atoms with Crippen molar-refractivity contribution < 1.29 is 9.53 Å². The fourth-order valence-corrected chi connectivity index (χ4v) is 3.62. The van der Waals surface area contributed by atoms with Crippen molar-refractivity contribution in [1.82, 2.24) is 4.90 Å². The van der Waals surface area contributed by atoms with Gasteiger partial charge in [0.25, 0.3) is 0 Å². The van der Waals surface area contributed by atoms with Gasteiger partial charge in [0, 0.05) is 6.54 Å². The standard InChI is InChI=1S/C17H23NO2/c1-14-4-6-15(7-5-14)17(8-2-3-9-17)10-11-18-12-13-20-16(18)19/h4-7H,2-3,8-13H2,1H3. The first kappa shape index (κ1) is 13.5. The number of carbonyl (C=O) groups is 1. The zero-order chi connectivity index (χ0) is 14.0. The Morgan fingerprint density at radius 2 is 1.90 bits per heavy atom. The second-order valence-electron chi connectivity index (χ2n) is 6.20. The molecule has 1 heterocycles. The first-order valence-corrected chi connectivity index (χ1v) is 7.69. The minimum Gasteiger partial charge on any atom is -0.448 e. The molecule has 0 atom stereocenters. The fraction of sp³-hybridized carbons (Fsp3) is 0.588. The van der Waals surface area contributed by atoms with E-state index in [9.17, 15) is 4.79 Å². The number of nitrogens with zero attached hydrogens (tertiary/aromatic N) is 1. The number of benzene rings is 1. The lowest BCUT2D eigenvalue weighted by Gasteiger charge is -2.31. The van der Waals surface area contributed by atoms with Gasteiger partial charge in [0.2, 0.25) is 0 Å². The molecule has 1 saturated heterocycles. The van der Waals surface area contributed by atoms with Crippen molar-refractivity contribution in [3.63, 3.8) is 0 Å². The Labute approximate surface area is 120 Å². The van der Waals surface area contributed by atoms with Crippen molar-refractivity contribution >= 4 is 6.09 Å². The molecule has 1 aromatic carbocycles. The van der Waals surface area contributed by atoms with E-state index in [1.807, 2.05) is 4.90 Å². The van der Waals surface area contributed by atoms with Crippen molar-refractivity contribution in [3.8, 4) is 0 Å². The number of ether oxygens (including phenoxy) is 1. The summed E-state index contributed by atoms with van der Waals surface area (Å²) in [5.41, 5.74) is 3.04. The molecule has 0 N–H and O–H groups in total. The van der Waals surface area contributed by atoms with Crippen LogP contribution < -0.4 is 0 Å². The number of rotatable bonds is 4. The summed E-state index contributed by atoms with van der Waals surface area (Å²) in [6.07, 6.45) is 6.03. The van der Waals surface area contributed by atoms with Crippen LogP contribution in [0.5, 0.6) is 0 Å². The zero-order valence-corrected chi connectivity index (χ0v) is 12.2. The maximum Gasteiger partial charge on any atom is 0.409 e. The predicted molar refractivity (Wildman–Crippen MR) is 78.9 cm³/mol. The second kappa shape index (κ2) is 5.47. The van der Waals surface area contributed by atoms with Crippen LogP contribution in [-0.2, 0) is 10.2 Å². The molecule has 20 heavy (non-hydrogen) atoms. The van der Waals surface area contributed by atoms with Crippen molar-refractivity contribution in [2.45, 2.75) is 44.4 Å². The Balaban J connectivity index is 1.74. The molecule has 1 aliphatic carbocycles. The summed E-state index contributed by atoms with van der Waals surface area (Å²) < 4.78 is 5.02. The van der Waals surface area contributed by atoms with Crippen LogP contribution in [0.4, 0.5) is 4.79 Å². The summed E-state index contributed by atoms with van der Waals surface area (Å²) in [5.74, 6) is 0. The summed E-state index contributed by atoms with van der Waals surface area (Å²) in [7, 11) is 0. The Morgan fingerprint density at radius 3 is 2.50 bits per heavy atom. The van der Waals surface area contributed by atoms with Gasteiger partial charge >= 0.3 is 6.09 Å². The van der Waals surface area contributed by atoms with Gasteiger partial charge in [-0.15, -0.1) is 0 Å². The van der Waals surface area contributed by atoms with Gasteiger partial charge in [-0.2, -0.15) is 0 Å². The maximum atomic E-state index is 11.6. The highest BCUT2D eigenvalue weighted by atomic mass is 16.6. The van der Waals surface area contributed by atoms with E-state index in [0.29, 0.717) is 6.61 Å². The van der Waals surface area contributed by atoms with E-state index in [2.05, 4.69) is 31.2 Å². The van der Waals surface area contributed by atoms with Gasteiger partial charge in [0.15, 0.2) is 0 Å². The van der Waals surface area contributed by atoms with Crippen LogP contribution in [0.25, 0.3) is 0 Å². The Morgan fingerprint density at radius 1 is 1.20 bits per heavy atom. The van der Waals surface area contributed by atoms with E-state index in [1.165, 1.54) is 36.8 Å². The third kappa shape index (κ3) is 2.54. The van der Waals surface area contributed by atoms with Crippen molar-refractivity contribution in [2.75, 3.05) is 19.7 Å². The molecule has 108 valence electrons. The number of amides is 1. The summed E-state index contributed by atoms with van der Waals surface area (Å²) in [6.45, 7) is 4.26. The van der Waals surface area contributed by atoms with Gasteiger partial charge in [-0.25, -0.2) is 4.79 Å². The molecule has 0 bridgehead atoms. The summed E-state index contributed by atoms with van der Waals surface area (Å²) in [6, 6.07) is 8.98. The molecular formula is C17H23NO2. The molecule has 0 aromatic heterocycles. The molecule has 1 amide bonds. The summed E-state index contributed by atoms with van der Waals surface area (Å²) in [4.78, 5) is 13.4. The van der Waals surface area contributed by atoms with E-state index in [-0.39, 0.29) is 11.5 Å². The van der Waals surface area contributed by atoms with Gasteiger partial charge in [0.05, 0.1) is 6.54 Å². The Hall–Kier alpha value is -1.51. The maximum absolute atomic E-state index is 11.6. The fourth-order valence-electron chi connectivity index (χ4n) is 3.62. The second-order valence-corrected chi connectivity index (χ2v) is 6.20. The largest absolute Gasteiger partial charge is 0.448 e. The average molecular weight is 273 g/mol. The molecule has 2 fully saturated rings. The lowest BCUT2D eigenvalue weighted by Crippen LogP contribution is -2.32. The lowest BCUT2D eigenvalue weighted by atomic mass is 9.76. The molecule has 0 spiro atoms. The number of hydrogen-bond donors (Lipinski definition) is 0. The first-order valence-electron chi connectivity index (χ1n) is 7.69. The molecule has 2 aliphatic rings. The number of carbonyl (C=O) groups excluding carboxylic acids is 1. The van der Waals surface area contributed by atoms with Gasteiger partial charge in [-0.3, -0.25) is 0 Å². The number of aryl methyl sites for hydroxylation is 1. The van der Waals surface area contributed by atoms with Crippen LogP contribution in [0.15, 0.2) is 24.3 Å². The minimum atomic E-state index is -0.137. The first-order chi connectivity index (χ1) is 9.70. The highest BCUT2D eigenvalue weighted by molar-refractivity contribution is 5.69. The highest BCUT2D eigenvalue weighted by Crippen LogP contribution is 2.44. The highest BCUT2D eigenvalue weighted by Gasteiger charge is 2.36. The van der Waals surface area contributed by atoms with Crippen LogP contribution >= 0.6 is 0 Å². The van der Waals surface area contributed by atoms with E-state index < -0.39 is 0 Å². The molecule has 1 aromatic rings. The lowest BCUT2D eigenvalue weighted by molar-refractivity contribution is 0.156. The SMILES string of the molecule is Cc1ccc(C2(CCN3CCOC3=O)CCCC2)cc1. The van der Waals surface area contributed by atoms with Crippen LogP contribution in [0.1, 0.15) is 43.2 Å². The van der Waals surface area contributed by atoms with Gasteiger partial charge in [-0.1, -0.05) is 42.7 Å². The van der Waals surface area contributed by atoms with Crippen LogP contribution in [0.3, 0.4) is 0 Å². The monoisotopic (exact) mass is 273 g/mol. The number of cyclic esters (lactones) is 1. The third-order valence-electron chi connectivity index (χ3n) is 4.93. The summed E-state index contributed by atoms with van der Waals surface area (Å²) >= 11 is 0. The summed E-state index contributed by atoms with van der Waals surface area (Å²) in [5, 5.41) is 0. The Bertz CT molecular complexity index is 474. The minimum absolute atomic E-state index is 0.137. The average Bonchev–Trinajstić information content (AvgIpc) is 3.07. The third-order valence-corrected chi connectivity index (χ3v) is 4.93. The van der Waals surface area contributed by atoms with Crippen molar-refractivity contribution in [1.29, 1.82) is 0 Å². The van der Waals surface area contributed by atoms with Crippen molar-refractivity contribution in [3.05, 3.63) is 35.4 Å². The topological polar surface area (TPSA) is 29.5 Å². The molecule has 3 nitrogen and oxygen atoms in total. The van der Waals surface area contributed by atoms with E-state index >= 15 is 0 Å². The quantitative estimate of drug-likeness (QED) is 0.838. The van der Waals surface area contributed by atoms with Gasteiger partial charge in [0.1, 0.15) is 6.61 Å². The molecular weight excluding hydrogens is 250 g/mol. The molecule has 1 aliphatic heterocycles. The number of hydrogen-bond acceptors (Lipinski definition) is 2. The van der Waals surface area contributed by atoms with E-state index in [4.69, 9.17) is 4.74 Å². The van der Waals surface area contributed by atoms with Gasteiger partial charge in [-0.05, 0) is 37.2 Å². The van der Waals surface area contributed by atoms with Crippen LogP contribution in [-0.4, -0.2) is 30.7 Å². The predicted octanol–water partition coefficient (Wildman–Crippen LogP) is 3.65. The smallest absolute Gasteiger partial charge is 0.409 e. The zero-order valence-electron chi connectivity index (χ0n) is 12.2. The Kier molecular flexibility index (Phi) is 3.68.